The van der Waals surface area contributed by atoms with Crippen LogP contribution in [-0.2, 0) is 11.2 Å². The van der Waals surface area contributed by atoms with Crippen LogP contribution in [0, 0.1) is 5.92 Å². The molecule has 0 spiro atoms. The molecule has 1 aliphatic rings. The van der Waals surface area contributed by atoms with Crippen molar-refractivity contribution in [3.63, 3.8) is 0 Å². The predicted octanol–water partition coefficient (Wildman–Crippen LogP) is 1.46. The summed E-state index contributed by atoms with van der Waals surface area (Å²) in [6.45, 7) is 4.91. The van der Waals surface area contributed by atoms with E-state index in [1.807, 2.05) is 44.2 Å². The molecule has 1 aliphatic heterocycles. The topological polar surface area (TPSA) is 40.5 Å². The monoisotopic (exact) mass is 233 g/mol. The van der Waals surface area contributed by atoms with Crippen molar-refractivity contribution in [1.82, 2.24) is 4.90 Å². The van der Waals surface area contributed by atoms with Crippen LogP contribution in [0.2, 0.25) is 0 Å². The number of hydrogen-bond donors (Lipinski definition) is 1. The van der Waals surface area contributed by atoms with Crippen molar-refractivity contribution in [3.8, 4) is 0 Å². The molecule has 1 aromatic rings. The van der Waals surface area contributed by atoms with Crippen molar-refractivity contribution in [2.75, 3.05) is 13.1 Å². The van der Waals surface area contributed by atoms with Gasteiger partial charge in [0.2, 0.25) is 5.91 Å². The van der Waals surface area contributed by atoms with Gasteiger partial charge >= 0.3 is 0 Å². The molecule has 0 aliphatic carbocycles. The van der Waals surface area contributed by atoms with Gasteiger partial charge in [-0.05, 0) is 11.5 Å². The molecule has 2 rings (SSSR count). The Labute approximate surface area is 102 Å². The Morgan fingerprint density at radius 2 is 1.94 bits per heavy atom. The zero-order chi connectivity index (χ0) is 12.5. The van der Waals surface area contributed by atoms with Crippen molar-refractivity contribution in [1.29, 1.82) is 0 Å². The number of likely N-dealkylation sites (tertiary alicyclic amines) is 1. The molecule has 1 fully saturated rings. The minimum absolute atomic E-state index is 0.0986. The highest BCUT2D eigenvalue weighted by molar-refractivity contribution is 5.79. The van der Waals surface area contributed by atoms with Gasteiger partial charge in [-0.25, -0.2) is 0 Å². The molecule has 0 atom stereocenters. The first kappa shape index (κ1) is 12.1. The summed E-state index contributed by atoms with van der Waals surface area (Å²) in [6.07, 6.45) is 0.426. The third-order valence-electron chi connectivity index (χ3n) is 3.55. The second kappa shape index (κ2) is 4.49. The molecular weight excluding hydrogens is 214 g/mol. The summed E-state index contributed by atoms with van der Waals surface area (Å²) in [7, 11) is 0. The Morgan fingerprint density at radius 3 is 2.47 bits per heavy atom. The van der Waals surface area contributed by atoms with Gasteiger partial charge in [0.05, 0.1) is 19.5 Å². The maximum absolute atomic E-state index is 11.9. The molecule has 3 heteroatoms. The molecule has 17 heavy (non-hydrogen) atoms. The van der Waals surface area contributed by atoms with E-state index in [1.54, 1.807) is 4.90 Å². The molecule has 0 unspecified atom stereocenters. The molecule has 0 aromatic heterocycles. The van der Waals surface area contributed by atoms with Gasteiger partial charge in [0.1, 0.15) is 5.60 Å². The molecule has 0 saturated carbocycles. The smallest absolute Gasteiger partial charge is 0.227 e. The van der Waals surface area contributed by atoms with Crippen molar-refractivity contribution in [2.24, 2.45) is 5.92 Å². The van der Waals surface area contributed by atoms with Crippen molar-refractivity contribution >= 4 is 5.91 Å². The Morgan fingerprint density at radius 1 is 1.35 bits per heavy atom. The lowest BCUT2D eigenvalue weighted by Gasteiger charge is -2.49. The Balaban J connectivity index is 1.88. The number of aliphatic hydroxyl groups is 1. The number of amides is 1. The van der Waals surface area contributed by atoms with Gasteiger partial charge in [-0.2, -0.15) is 0 Å². The van der Waals surface area contributed by atoms with Crippen molar-refractivity contribution in [2.45, 2.75) is 25.9 Å². The van der Waals surface area contributed by atoms with Crippen LogP contribution in [-0.4, -0.2) is 34.6 Å². The summed E-state index contributed by atoms with van der Waals surface area (Å²) in [5.41, 5.74) is 0.351. The number of β-amino-alcohol motifs (C(OH)–C–C–N with tert-alkyl or cyclic N) is 1. The third-order valence-corrected chi connectivity index (χ3v) is 3.55. The number of hydrogen-bond acceptors (Lipinski definition) is 2. The zero-order valence-electron chi connectivity index (χ0n) is 10.4. The van der Waals surface area contributed by atoms with Crippen LogP contribution in [0.15, 0.2) is 30.3 Å². The molecule has 1 heterocycles. The first-order valence-corrected chi connectivity index (χ1v) is 6.05. The molecule has 1 amide bonds. The van der Waals surface area contributed by atoms with E-state index >= 15 is 0 Å². The van der Waals surface area contributed by atoms with Crippen molar-refractivity contribution in [3.05, 3.63) is 35.9 Å². The molecule has 1 N–H and O–H groups in total. The van der Waals surface area contributed by atoms with E-state index in [0.29, 0.717) is 19.5 Å². The molecule has 1 saturated heterocycles. The van der Waals surface area contributed by atoms with Gasteiger partial charge in [0, 0.05) is 0 Å². The van der Waals surface area contributed by atoms with E-state index in [-0.39, 0.29) is 11.8 Å². The maximum atomic E-state index is 11.9. The molecular formula is C14H19NO2. The second-order valence-electron chi connectivity index (χ2n) is 5.17. The summed E-state index contributed by atoms with van der Waals surface area (Å²) in [4.78, 5) is 13.6. The lowest BCUT2D eigenvalue weighted by atomic mass is 9.83. The number of nitrogens with zero attached hydrogens (tertiary/aromatic N) is 1. The minimum atomic E-state index is -0.674. The highest BCUT2D eigenvalue weighted by atomic mass is 16.3. The van der Waals surface area contributed by atoms with E-state index in [1.165, 1.54) is 0 Å². The number of benzene rings is 1. The van der Waals surface area contributed by atoms with Gasteiger partial charge in [-0.3, -0.25) is 4.79 Å². The highest BCUT2D eigenvalue weighted by Gasteiger charge is 2.45. The molecule has 0 radical (unpaired) electrons. The summed E-state index contributed by atoms with van der Waals surface area (Å²) in [5.74, 6) is 0.296. The van der Waals surface area contributed by atoms with E-state index in [4.69, 9.17) is 0 Å². The Kier molecular flexibility index (Phi) is 3.20. The fraction of sp³-hybridized carbons (Fsp3) is 0.500. The summed E-state index contributed by atoms with van der Waals surface area (Å²) in [5, 5.41) is 10.1. The average molecular weight is 233 g/mol. The summed E-state index contributed by atoms with van der Waals surface area (Å²) in [6, 6.07) is 9.71. The van der Waals surface area contributed by atoms with Gasteiger partial charge < -0.3 is 10.0 Å². The lowest BCUT2D eigenvalue weighted by Crippen LogP contribution is -2.66. The van der Waals surface area contributed by atoms with E-state index in [9.17, 15) is 9.90 Å². The van der Waals surface area contributed by atoms with Crippen LogP contribution in [0.25, 0.3) is 0 Å². The second-order valence-corrected chi connectivity index (χ2v) is 5.17. The standard InChI is InChI=1S/C14H19NO2/c1-11(2)14(17)9-15(10-14)13(16)8-12-6-4-3-5-7-12/h3-7,11,17H,8-10H2,1-2H3. The number of rotatable bonds is 3. The Bertz CT molecular complexity index is 394. The third kappa shape index (κ3) is 2.50. The van der Waals surface area contributed by atoms with Crippen LogP contribution in [0.5, 0.6) is 0 Å². The fourth-order valence-corrected chi connectivity index (χ4v) is 2.04. The number of carbonyl (C=O) groups is 1. The van der Waals surface area contributed by atoms with Gasteiger partial charge in [-0.1, -0.05) is 44.2 Å². The van der Waals surface area contributed by atoms with Gasteiger partial charge in [0.15, 0.2) is 0 Å². The van der Waals surface area contributed by atoms with Gasteiger partial charge in [0.25, 0.3) is 0 Å². The summed E-state index contributed by atoms with van der Waals surface area (Å²) < 4.78 is 0. The molecule has 1 aromatic carbocycles. The van der Waals surface area contributed by atoms with Gasteiger partial charge in [-0.15, -0.1) is 0 Å². The van der Waals surface area contributed by atoms with Crippen LogP contribution in [0.4, 0.5) is 0 Å². The quantitative estimate of drug-likeness (QED) is 0.858. The minimum Gasteiger partial charge on any atom is -0.386 e. The predicted molar refractivity (Wildman–Crippen MR) is 66.5 cm³/mol. The van der Waals surface area contributed by atoms with Crippen LogP contribution < -0.4 is 0 Å². The average Bonchev–Trinajstić information content (AvgIpc) is 2.25. The van der Waals surface area contributed by atoms with Crippen LogP contribution >= 0.6 is 0 Å². The number of carbonyl (C=O) groups excluding carboxylic acids is 1. The van der Waals surface area contributed by atoms with Crippen LogP contribution in [0.1, 0.15) is 19.4 Å². The lowest BCUT2D eigenvalue weighted by molar-refractivity contribution is -0.163. The molecule has 92 valence electrons. The molecule has 0 bridgehead atoms. The normalized spacial score (nSPS) is 18.0. The maximum Gasteiger partial charge on any atom is 0.227 e. The zero-order valence-corrected chi connectivity index (χ0v) is 10.4. The van der Waals surface area contributed by atoms with Crippen LogP contribution in [0.3, 0.4) is 0 Å². The summed E-state index contributed by atoms with van der Waals surface area (Å²) >= 11 is 0. The van der Waals surface area contributed by atoms with E-state index in [2.05, 4.69) is 0 Å². The Hall–Kier alpha value is -1.35. The highest BCUT2D eigenvalue weighted by Crippen LogP contribution is 2.28. The first-order valence-electron chi connectivity index (χ1n) is 6.05. The van der Waals surface area contributed by atoms with E-state index < -0.39 is 5.60 Å². The largest absolute Gasteiger partial charge is 0.386 e. The molecule has 3 nitrogen and oxygen atoms in total. The van der Waals surface area contributed by atoms with E-state index in [0.717, 1.165) is 5.56 Å². The fourth-order valence-electron chi connectivity index (χ4n) is 2.04. The first-order chi connectivity index (χ1) is 8.01. The SMILES string of the molecule is CC(C)C1(O)CN(C(=O)Cc2ccccc2)C1. The van der Waals surface area contributed by atoms with Crippen molar-refractivity contribution < 1.29 is 9.90 Å².